The van der Waals surface area contributed by atoms with Gasteiger partial charge in [0.1, 0.15) is 0 Å². The smallest absolute Gasteiger partial charge is 0.412 e. The number of ether oxygens (including phenoxy) is 2. The third-order valence-corrected chi connectivity index (χ3v) is 6.68. The SMILES string of the molecule is C=C1CN(C(=O)OC(N)c2cccc3ccccc23)CCN1CC(COCc1ccccc1)NC(=O)C(N)(N)N.CC.CC. The molecular weight excluding hydrogens is 558 g/mol. The highest BCUT2D eigenvalue weighted by molar-refractivity contribution is 5.86. The molecule has 1 saturated heterocycles. The molecule has 3 aromatic carbocycles. The van der Waals surface area contributed by atoms with E-state index in [0.717, 1.165) is 21.9 Å². The summed E-state index contributed by atoms with van der Waals surface area (Å²) in [5.41, 5.74) is 25.4. The molecule has 0 spiro atoms. The van der Waals surface area contributed by atoms with Crippen LogP contribution in [0.2, 0.25) is 0 Å². The molecule has 0 saturated carbocycles. The Labute approximate surface area is 261 Å². The maximum Gasteiger partial charge on any atom is 0.412 e. The summed E-state index contributed by atoms with van der Waals surface area (Å²) < 4.78 is 11.5. The minimum absolute atomic E-state index is 0.187. The topological polar surface area (TPSA) is 175 Å². The Hall–Kier alpha value is -4.00. The molecule has 4 rings (SSSR count). The summed E-state index contributed by atoms with van der Waals surface area (Å²) in [5.74, 6) is -2.74. The predicted octanol–water partition coefficient (Wildman–Crippen LogP) is 3.35. The first-order chi connectivity index (χ1) is 21.1. The zero-order valence-corrected chi connectivity index (χ0v) is 26.4. The van der Waals surface area contributed by atoms with Gasteiger partial charge in [0, 0.05) is 30.9 Å². The molecule has 11 heteroatoms. The van der Waals surface area contributed by atoms with E-state index in [-0.39, 0.29) is 13.2 Å². The highest BCUT2D eigenvalue weighted by atomic mass is 16.6. The van der Waals surface area contributed by atoms with Crippen molar-refractivity contribution in [1.29, 1.82) is 0 Å². The third-order valence-electron chi connectivity index (χ3n) is 6.68. The predicted molar refractivity (Wildman–Crippen MR) is 176 cm³/mol. The second kappa shape index (κ2) is 18.0. The van der Waals surface area contributed by atoms with Gasteiger partial charge in [-0.1, -0.05) is 107 Å². The monoisotopic (exact) mass is 607 g/mol. The van der Waals surface area contributed by atoms with Gasteiger partial charge < -0.3 is 24.6 Å². The number of carbonyl (C=O) groups is 2. The highest BCUT2D eigenvalue weighted by Gasteiger charge is 2.30. The van der Waals surface area contributed by atoms with Crippen LogP contribution in [-0.2, 0) is 20.9 Å². The molecule has 1 aliphatic rings. The molecule has 11 nitrogen and oxygen atoms in total. The van der Waals surface area contributed by atoms with Gasteiger partial charge in [-0.3, -0.25) is 27.7 Å². The van der Waals surface area contributed by atoms with Crippen LogP contribution in [-0.4, -0.2) is 66.4 Å². The zero-order valence-electron chi connectivity index (χ0n) is 26.4. The Bertz CT molecular complexity index is 1330. The Kier molecular flexibility index (Phi) is 14.8. The Balaban J connectivity index is 0.00000162. The molecule has 9 N–H and O–H groups in total. The summed E-state index contributed by atoms with van der Waals surface area (Å²) in [5, 5.41) is 4.70. The average molecular weight is 608 g/mol. The molecule has 0 aliphatic carbocycles. The number of carbonyl (C=O) groups excluding carboxylic acids is 2. The molecular formula is C33H49N7O4. The van der Waals surface area contributed by atoms with Gasteiger partial charge in [0.2, 0.25) is 0 Å². The fourth-order valence-electron chi connectivity index (χ4n) is 4.53. The number of nitrogens with one attached hydrogen (secondary N) is 1. The van der Waals surface area contributed by atoms with Gasteiger partial charge in [-0.25, -0.2) is 4.79 Å². The molecule has 1 aliphatic heterocycles. The van der Waals surface area contributed by atoms with E-state index in [2.05, 4.69) is 11.9 Å². The lowest BCUT2D eigenvalue weighted by molar-refractivity contribution is -0.127. The molecule has 2 amide bonds. The van der Waals surface area contributed by atoms with E-state index in [1.807, 2.05) is 105 Å². The van der Waals surface area contributed by atoms with Crippen molar-refractivity contribution in [3.05, 3.63) is 96.2 Å². The van der Waals surface area contributed by atoms with Crippen molar-refractivity contribution < 1.29 is 19.1 Å². The van der Waals surface area contributed by atoms with Gasteiger partial charge in [0.25, 0.3) is 5.91 Å². The van der Waals surface area contributed by atoms with E-state index in [0.29, 0.717) is 31.9 Å². The summed E-state index contributed by atoms with van der Waals surface area (Å²) in [6.45, 7) is 14.1. The number of hydrogen-bond acceptors (Lipinski definition) is 9. The summed E-state index contributed by atoms with van der Waals surface area (Å²) in [6.07, 6.45) is -1.45. The van der Waals surface area contributed by atoms with Gasteiger partial charge in [0.05, 0.1) is 25.8 Å². The second-order valence-corrected chi connectivity index (χ2v) is 9.91. The van der Waals surface area contributed by atoms with Crippen molar-refractivity contribution >= 4 is 22.8 Å². The van der Waals surface area contributed by atoms with Crippen LogP contribution in [0.5, 0.6) is 0 Å². The molecule has 0 bridgehead atoms. The van der Waals surface area contributed by atoms with E-state index in [4.69, 9.17) is 32.4 Å². The molecule has 44 heavy (non-hydrogen) atoms. The molecule has 1 heterocycles. The number of nitrogens with two attached hydrogens (primary N) is 4. The standard InChI is InChI=1S/C29H37N7O4.2C2H6/c1-20-16-36(28(38)40-26(30)25-13-7-11-22-10-5-6-12-24(22)25)15-14-35(20)17-23(34-27(37)29(31,32)33)19-39-18-21-8-3-2-4-9-21;2*1-2/h2-13,23,26H,1,14-19,30-33H2,(H,34,37);2*1-2H3. The minimum atomic E-state index is -2.03. The summed E-state index contributed by atoms with van der Waals surface area (Å²) in [7, 11) is 0. The van der Waals surface area contributed by atoms with E-state index < -0.39 is 30.1 Å². The quantitative estimate of drug-likeness (QED) is 0.216. The molecule has 0 aromatic heterocycles. The lowest BCUT2D eigenvalue weighted by Gasteiger charge is -2.39. The first-order valence-electron chi connectivity index (χ1n) is 15.0. The van der Waals surface area contributed by atoms with Gasteiger partial charge in [-0.05, 0) is 16.3 Å². The van der Waals surface area contributed by atoms with Crippen molar-refractivity contribution in [2.45, 2.75) is 52.4 Å². The van der Waals surface area contributed by atoms with Crippen molar-refractivity contribution in [2.24, 2.45) is 22.9 Å². The Morgan fingerprint density at radius 2 is 1.57 bits per heavy atom. The van der Waals surface area contributed by atoms with Crippen LogP contribution in [0, 0.1) is 0 Å². The Morgan fingerprint density at radius 1 is 0.932 bits per heavy atom. The largest absolute Gasteiger partial charge is 0.426 e. The number of rotatable bonds is 10. The number of nitrogens with zero attached hydrogens (tertiary/aromatic N) is 2. The molecule has 3 aromatic rings. The molecule has 2 atom stereocenters. The normalized spacial score (nSPS) is 14.4. The van der Waals surface area contributed by atoms with Gasteiger partial charge in [-0.2, -0.15) is 0 Å². The van der Waals surface area contributed by atoms with E-state index in [1.165, 1.54) is 0 Å². The number of fused-ring (bicyclic) bond motifs is 1. The zero-order chi connectivity index (χ0) is 32.7. The lowest BCUT2D eigenvalue weighted by atomic mass is 10.0. The second-order valence-electron chi connectivity index (χ2n) is 9.91. The summed E-state index contributed by atoms with van der Waals surface area (Å²) in [6, 6.07) is 22.7. The molecule has 0 radical (unpaired) electrons. The molecule has 1 fully saturated rings. The van der Waals surface area contributed by atoms with Crippen LogP contribution in [0.15, 0.2) is 85.1 Å². The lowest BCUT2D eigenvalue weighted by Crippen LogP contribution is -2.69. The van der Waals surface area contributed by atoms with Crippen LogP contribution in [0.3, 0.4) is 0 Å². The maximum absolute atomic E-state index is 13.0. The first kappa shape index (κ1) is 36.2. The Morgan fingerprint density at radius 3 is 2.23 bits per heavy atom. The number of benzene rings is 3. The van der Waals surface area contributed by atoms with Crippen molar-refractivity contribution in [3.8, 4) is 0 Å². The van der Waals surface area contributed by atoms with Crippen LogP contribution in [0.1, 0.15) is 45.0 Å². The van der Waals surface area contributed by atoms with Gasteiger partial charge in [-0.15, -0.1) is 0 Å². The third kappa shape index (κ3) is 10.6. The number of hydrogen-bond donors (Lipinski definition) is 5. The average Bonchev–Trinajstić information content (AvgIpc) is 3.03. The van der Waals surface area contributed by atoms with E-state index in [9.17, 15) is 9.59 Å². The van der Waals surface area contributed by atoms with Crippen LogP contribution in [0.4, 0.5) is 4.79 Å². The summed E-state index contributed by atoms with van der Waals surface area (Å²) in [4.78, 5) is 28.9. The van der Waals surface area contributed by atoms with Crippen molar-refractivity contribution in [3.63, 3.8) is 0 Å². The minimum Gasteiger partial charge on any atom is -0.426 e. The van der Waals surface area contributed by atoms with Gasteiger partial charge >= 0.3 is 6.09 Å². The highest BCUT2D eigenvalue weighted by Crippen LogP contribution is 2.25. The van der Waals surface area contributed by atoms with Crippen LogP contribution >= 0.6 is 0 Å². The fraction of sp³-hybridized carbons (Fsp3) is 0.394. The number of amides is 2. The maximum atomic E-state index is 13.0. The molecule has 2 unspecified atom stereocenters. The first-order valence-corrected chi connectivity index (χ1v) is 15.0. The van der Waals surface area contributed by atoms with Gasteiger partial charge in [0.15, 0.2) is 12.0 Å². The van der Waals surface area contributed by atoms with Crippen molar-refractivity contribution in [2.75, 3.05) is 32.8 Å². The summed E-state index contributed by atoms with van der Waals surface area (Å²) >= 11 is 0. The van der Waals surface area contributed by atoms with Crippen LogP contribution < -0.4 is 28.3 Å². The van der Waals surface area contributed by atoms with E-state index in [1.54, 1.807) is 4.90 Å². The van der Waals surface area contributed by atoms with Crippen LogP contribution in [0.25, 0.3) is 10.8 Å². The van der Waals surface area contributed by atoms with Crippen molar-refractivity contribution in [1.82, 2.24) is 15.1 Å². The molecule has 240 valence electrons. The number of piperazine rings is 1. The van der Waals surface area contributed by atoms with E-state index >= 15 is 0 Å². The fourth-order valence-corrected chi connectivity index (χ4v) is 4.53.